The van der Waals surface area contributed by atoms with Gasteiger partial charge in [-0.1, -0.05) is 6.07 Å². The highest BCUT2D eigenvalue weighted by Gasteiger charge is 1.99. The lowest BCUT2D eigenvalue weighted by atomic mass is 10.2. The van der Waals surface area contributed by atoms with Crippen molar-refractivity contribution in [2.45, 2.75) is 31.6 Å². The van der Waals surface area contributed by atoms with Crippen LogP contribution in [0, 0.1) is 13.8 Å². The molecule has 1 aromatic rings. The summed E-state index contributed by atoms with van der Waals surface area (Å²) in [6.07, 6.45) is 1.32. The molecule has 0 unspecified atom stereocenters. The van der Waals surface area contributed by atoms with E-state index in [1.54, 1.807) is 11.8 Å². The number of benzene rings is 1. The molecule has 0 spiro atoms. The summed E-state index contributed by atoms with van der Waals surface area (Å²) in [4.78, 5) is 11.8. The lowest BCUT2D eigenvalue weighted by molar-refractivity contribution is -0.111. The molecule has 0 fully saturated rings. The van der Waals surface area contributed by atoms with E-state index in [9.17, 15) is 4.79 Å². The van der Waals surface area contributed by atoms with Crippen LogP contribution in [0.3, 0.4) is 0 Å². The Hall–Kier alpha value is -0.470. The molecule has 3 heteroatoms. The zero-order chi connectivity index (χ0) is 11.3. The summed E-state index contributed by atoms with van der Waals surface area (Å²) < 4.78 is 0. The van der Waals surface area contributed by atoms with Gasteiger partial charge in [-0.15, -0.1) is 11.8 Å². The predicted octanol–water partition coefficient (Wildman–Crippen LogP) is 3.94. The molecule has 1 nitrogen and oxygen atoms in total. The molecule has 0 amide bonds. The van der Waals surface area contributed by atoms with Gasteiger partial charge >= 0.3 is 0 Å². The highest BCUT2D eigenvalue weighted by Crippen LogP contribution is 2.22. The third-order valence-electron chi connectivity index (χ3n) is 1.98. The van der Waals surface area contributed by atoms with Crippen molar-refractivity contribution in [1.29, 1.82) is 0 Å². The van der Waals surface area contributed by atoms with Crippen LogP contribution in [0.2, 0.25) is 0 Å². The summed E-state index contributed by atoms with van der Waals surface area (Å²) >= 11 is 7.04. The third kappa shape index (κ3) is 5.24. The van der Waals surface area contributed by atoms with Crippen molar-refractivity contribution < 1.29 is 4.79 Å². The number of halogens is 1. The van der Waals surface area contributed by atoms with Crippen LogP contribution in [0.4, 0.5) is 0 Å². The molecule has 1 aromatic carbocycles. The van der Waals surface area contributed by atoms with Crippen molar-refractivity contribution in [3.05, 3.63) is 29.3 Å². The van der Waals surface area contributed by atoms with Gasteiger partial charge < -0.3 is 0 Å². The van der Waals surface area contributed by atoms with Gasteiger partial charge in [0.15, 0.2) is 0 Å². The average Bonchev–Trinajstić information content (AvgIpc) is 2.10. The van der Waals surface area contributed by atoms with E-state index in [0.717, 1.165) is 12.2 Å². The van der Waals surface area contributed by atoms with Gasteiger partial charge in [0.1, 0.15) is 0 Å². The van der Waals surface area contributed by atoms with Crippen LogP contribution in [0.1, 0.15) is 24.0 Å². The number of aryl methyl sites for hydroxylation is 2. The second-order valence-electron chi connectivity index (χ2n) is 3.63. The maximum Gasteiger partial charge on any atom is 0.221 e. The maximum absolute atomic E-state index is 10.5. The summed E-state index contributed by atoms with van der Waals surface area (Å²) in [5.74, 6) is 0.946. The first kappa shape index (κ1) is 12.6. The minimum absolute atomic E-state index is 0.240. The molecular formula is C12H15ClOS. The third-order valence-corrected chi connectivity index (χ3v) is 3.23. The molecule has 0 saturated heterocycles. The van der Waals surface area contributed by atoms with Crippen molar-refractivity contribution in [2.75, 3.05) is 5.75 Å². The second kappa shape index (κ2) is 6.19. The fourth-order valence-corrected chi connectivity index (χ4v) is 2.61. The van der Waals surface area contributed by atoms with E-state index in [4.69, 9.17) is 11.6 Å². The summed E-state index contributed by atoms with van der Waals surface area (Å²) in [7, 11) is 0. The number of carbonyl (C=O) groups excluding carboxylic acids is 1. The quantitative estimate of drug-likeness (QED) is 0.442. The van der Waals surface area contributed by atoms with Gasteiger partial charge in [0.25, 0.3) is 0 Å². The van der Waals surface area contributed by atoms with Crippen molar-refractivity contribution in [2.24, 2.45) is 0 Å². The lowest BCUT2D eigenvalue weighted by Gasteiger charge is -2.03. The largest absolute Gasteiger partial charge is 0.281 e. The summed E-state index contributed by atoms with van der Waals surface area (Å²) in [5.41, 5.74) is 2.57. The van der Waals surface area contributed by atoms with Gasteiger partial charge in [-0.2, -0.15) is 0 Å². The van der Waals surface area contributed by atoms with Crippen molar-refractivity contribution >= 4 is 28.6 Å². The Balaban J connectivity index is 2.40. The summed E-state index contributed by atoms with van der Waals surface area (Å²) in [6.45, 7) is 4.19. The highest BCUT2D eigenvalue weighted by molar-refractivity contribution is 7.99. The smallest absolute Gasteiger partial charge is 0.221 e. The minimum atomic E-state index is -0.240. The molecule has 0 atom stereocenters. The lowest BCUT2D eigenvalue weighted by Crippen LogP contribution is -1.88. The van der Waals surface area contributed by atoms with E-state index in [1.807, 2.05) is 0 Å². The molecule has 0 saturated carbocycles. The van der Waals surface area contributed by atoms with E-state index >= 15 is 0 Å². The number of rotatable bonds is 5. The zero-order valence-electron chi connectivity index (χ0n) is 9.05. The van der Waals surface area contributed by atoms with Crippen LogP contribution in [0.15, 0.2) is 23.1 Å². The molecule has 15 heavy (non-hydrogen) atoms. The fourth-order valence-electron chi connectivity index (χ4n) is 1.42. The molecule has 0 aliphatic carbocycles. The van der Waals surface area contributed by atoms with Crippen LogP contribution in [-0.2, 0) is 4.79 Å². The van der Waals surface area contributed by atoms with Crippen molar-refractivity contribution in [3.8, 4) is 0 Å². The molecule has 0 radical (unpaired) electrons. The van der Waals surface area contributed by atoms with Gasteiger partial charge in [0, 0.05) is 11.3 Å². The van der Waals surface area contributed by atoms with Gasteiger partial charge in [-0.25, -0.2) is 0 Å². The summed E-state index contributed by atoms with van der Waals surface area (Å²) in [5, 5.41) is -0.240. The fraction of sp³-hybridized carbons (Fsp3) is 0.417. The number of hydrogen-bond donors (Lipinski definition) is 0. The predicted molar refractivity (Wildman–Crippen MR) is 66.7 cm³/mol. The summed E-state index contributed by atoms with van der Waals surface area (Å²) in [6, 6.07) is 6.49. The second-order valence-corrected chi connectivity index (χ2v) is 5.22. The molecule has 0 aliphatic heterocycles. The molecule has 0 aliphatic rings. The molecule has 1 rings (SSSR count). The van der Waals surface area contributed by atoms with E-state index < -0.39 is 0 Å². The maximum atomic E-state index is 10.5. The normalized spacial score (nSPS) is 10.3. The SMILES string of the molecule is Cc1cc(C)cc(SCCCC(=O)Cl)c1. The molecular weight excluding hydrogens is 228 g/mol. The Morgan fingerprint density at radius 1 is 1.27 bits per heavy atom. The van der Waals surface area contributed by atoms with Gasteiger partial charge in [0.05, 0.1) is 0 Å². The first-order valence-corrected chi connectivity index (χ1v) is 6.34. The van der Waals surface area contributed by atoms with Crippen LogP contribution < -0.4 is 0 Å². The van der Waals surface area contributed by atoms with Gasteiger partial charge in [0.2, 0.25) is 5.24 Å². The van der Waals surface area contributed by atoms with Gasteiger partial charge in [-0.3, -0.25) is 4.79 Å². The van der Waals surface area contributed by atoms with Crippen molar-refractivity contribution in [1.82, 2.24) is 0 Å². The number of hydrogen-bond acceptors (Lipinski definition) is 2. The van der Waals surface area contributed by atoms with Gasteiger partial charge in [-0.05, 0) is 60.9 Å². The standard InChI is InChI=1S/C12H15ClOS/c1-9-6-10(2)8-11(7-9)15-5-3-4-12(13)14/h6-8H,3-5H2,1-2H3. The van der Waals surface area contributed by atoms with E-state index in [2.05, 4.69) is 32.0 Å². The first-order valence-electron chi connectivity index (χ1n) is 4.97. The Morgan fingerprint density at radius 3 is 2.40 bits per heavy atom. The Kier molecular flexibility index (Phi) is 5.20. The monoisotopic (exact) mass is 242 g/mol. The van der Waals surface area contributed by atoms with E-state index in [1.165, 1.54) is 16.0 Å². The Bertz CT molecular complexity index is 329. The molecule has 0 N–H and O–H groups in total. The van der Waals surface area contributed by atoms with E-state index in [0.29, 0.717) is 6.42 Å². The molecule has 0 aromatic heterocycles. The highest BCUT2D eigenvalue weighted by atomic mass is 35.5. The number of carbonyl (C=O) groups is 1. The van der Waals surface area contributed by atoms with Crippen LogP contribution in [0.5, 0.6) is 0 Å². The Morgan fingerprint density at radius 2 is 1.87 bits per heavy atom. The average molecular weight is 243 g/mol. The molecule has 82 valence electrons. The molecule has 0 heterocycles. The Labute approximate surface area is 100 Å². The minimum Gasteiger partial charge on any atom is -0.281 e. The van der Waals surface area contributed by atoms with E-state index in [-0.39, 0.29) is 5.24 Å². The van der Waals surface area contributed by atoms with Crippen LogP contribution in [0.25, 0.3) is 0 Å². The van der Waals surface area contributed by atoms with Crippen molar-refractivity contribution in [3.63, 3.8) is 0 Å². The first-order chi connectivity index (χ1) is 7.08. The topological polar surface area (TPSA) is 17.1 Å². The molecule has 0 bridgehead atoms. The number of thioether (sulfide) groups is 1. The zero-order valence-corrected chi connectivity index (χ0v) is 10.6. The van der Waals surface area contributed by atoms with Crippen LogP contribution in [-0.4, -0.2) is 11.0 Å². The van der Waals surface area contributed by atoms with Crippen LogP contribution >= 0.6 is 23.4 Å².